The van der Waals surface area contributed by atoms with E-state index >= 15 is 0 Å². The molecular weight excluding hydrogens is 386 g/mol. The van der Waals surface area contributed by atoms with Gasteiger partial charge in [-0.1, -0.05) is 54.8 Å². The van der Waals surface area contributed by atoms with E-state index in [0.717, 1.165) is 0 Å². The summed E-state index contributed by atoms with van der Waals surface area (Å²) in [5.74, 6) is -0.551. The summed E-state index contributed by atoms with van der Waals surface area (Å²) >= 11 is 5.86. The van der Waals surface area contributed by atoms with Crippen LogP contribution in [0.4, 0.5) is 0 Å². The molecule has 0 aromatic heterocycles. The lowest BCUT2D eigenvalue weighted by atomic mass is 10.1. The summed E-state index contributed by atoms with van der Waals surface area (Å²) in [7, 11) is -3.88. The van der Waals surface area contributed by atoms with E-state index in [-0.39, 0.29) is 24.3 Å². The van der Waals surface area contributed by atoms with Crippen LogP contribution in [0.2, 0.25) is 5.02 Å². The zero-order chi connectivity index (χ0) is 19.5. The zero-order valence-corrected chi connectivity index (χ0v) is 16.3. The number of halogens is 1. The minimum absolute atomic E-state index is 0.0409. The molecule has 1 atom stereocenters. The SMILES string of the molecule is O=C(NCC(O)c1ccccc1)C1(S(=O)(=O)c2ccc(Cl)cc2)CCCC1. The first kappa shape index (κ1) is 19.9. The molecule has 0 spiro atoms. The summed E-state index contributed by atoms with van der Waals surface area (Å²) in [6.45, 7) is -0.0409. The molecule has 1 unspecified atom stereocenters. The van der Waals surface area contributed by atoms with Gasteiger partial charge in [-0.25, -0.2) is 8.42 Å². The standard InChI is InChI=1S/C20H22ClNO4S/c21-16-8-10-17(11-9-16)27(25,26)20(12-4-5-13-20)19(24)22-14-18(23)15-6-2-1-3-7-15/h1-3,6-11,18,23H,4-5,12-14H2,(H,22,24). The molecule has 1 saturated carbocycles. The van der Waals surface area contributed by atoms with Gasteiger partial charge in [-0.3, -0.25) is 4.79 Å². The van der Waals surface area contributed by atoms with Crippen molar-refractivity contribution in [1.82, 2.24) is 5.32 Å². The van der Waals surface area contributed by atoms with Crippen molar-refractivity contribution >= 4 is 27.3 Å². The van der Waals surface area contributed by atoms with Gasteiger partial charge in [-0.15, -0.1) is 0 Å². The van der Waals surface area contributed by atoms with Crippen LogP contribution in [0.25, 0.3) is 0 Å². The second kappa shape index (κ2) is 8.00. The highest BCUT2D eigenvalue weighted by molar-refractivity contribution is 7.93. The van der Waals surface area contributed by atoms with E-state index in [0.29, 0.717) is 23.4 Å². The van der Waals surface area contributed by atoms with Gasteiger partial charge in [0.15, 0.2) is 14.6 Å². The lowest BCUT2D eigenvalue weighted by molar-refractivity contribution is -0.124. The minimum Gasteiger partial charge on any atom is -0.387 e. The highest BCUT2D eigenvalue weighted by Gasteiger charge is 2.52. The number of hydrogen-bond acceptors (Lipinski definition) is 4. The van der Waals surface area contributed by atoms with Crippen LogP contribution in [-0.4, -0.2) is 30.7 Å². The first-order valence-electron chi connectivity index (χ1n) is 8.88. The summed E-state index contributed by atoms with van der Waals surface area (Å²) in [6.07, 6.45) is 0.978. The molecule has 3 rings (SSSR count). The van der Waals surface area contributed by atoms with Crippen LogP contribution in [0, 0.1) is 0 Å². The van der Waals surface area contributed by atoms with E-state index in [1.165, 1.54) is 24.3 Å². The molecule has 1 aliphatic carbocycles. The Morgan fingerprint density at radius 1 is 1.07 bits per heavy atom. The number of hydrogen-bond donors (Lipinski definition) is 2. The normalized spacial score (nSPS) is 17.4. The maximum absolute atomic E-state index is 13.3. The van der Waals surface area contributed by atoms with Crippen LogP contribution in [0.3, 0.4) is 0 Å². The monoisotopic (exact) mass is 407 g/mol. The molecule has 1 aliphatic rings. The van der Waals surface area contributed by atoms with Gasteiger partial charge < -0.3 is 10.4 Å². The summed E-state index contributed by atoms with van der Waals surface area (Å²) in [5.41, 5.74) is 0.666. The quantitative estimate of drug-likeness (QED) is 0.769. The fourth-order valence-corrected chi connectivity index (χ4v) is 5.76. The summed E-state index contributed by atoms with van der Waals surface area (Å²) in [6, 6.07) is 14.8. The van der Waals surface area contributed by atoms with Gasteiger partial charge in [0.25, 0.3) is 0 Å². The largest absolute Gasteiger partial charge is 0.387 e. The molecule has 2 aromatic rings. The Morgan fingerprint density at radius 2 is 1.67 bits per heavy atom. The second-order valence-corrected chi connectivity index (χ2v) is 9.49. The topological polar surface area (TPSA) is 83.5 Å². The molecule has 144 valence electrons. The maximum atomic E-state index is 13.3. The summed E-state index contributed by atoms with van der Waals surface area (Å²) in [4.78, 5) is 13.1. The maximum Gasteiger partial charge on any atom is 0.241 e. The van der Waals surface area contributed by atoms with Gasteiger partial charge in [-0.05, 0) is 42.7 Å². The number of sulfone groups is 1. The predicted octanol–water partition coefficient (Wildman–Crippen LogP) is 3.28. The van der Waals surface area contributed by atoms with Crippen LogP contribution < -0.4 is 5.32 Å². The van der Waals surface area contributed by atoms with Crippen molar-refractivity contribution < 1.29 is 18.3 Å². The third-order valence-electron chi connectivity index (χ3n) is 5.10. The van der Waals surface area contributed by atoms with Gasteiger partial charge in [0.1, 0.15) is 0 Å². The molecule has 0 radical (unpaired) electrons. The van der Waals surface area contributed by atoms with Crippen molar-refractivity contribution in [3.8, 4) is 0 Å². The zero-order valence-electron chi connectivity index (χ0n) is 14.8. The average molecular weight is 408 g/mol. The van der Waals surface area contributed by atoms with Crippen LogP contribution >= 0.6 is 11.6 Å². The molecule has 2 aromatic carbocycles. The van der Waals surface area contributed by atoms with E-state index in [4.69, 9.17) is 11.6 Å². The number of benzene rings is 2. The molecule has 0 heterocycles. The van der Waals surface area contributed by atoms with Gasteiger partial charge in [0.05, 0.1) is 11.0 Å². The van der Waals surface area contributed by atoms with E-state index in [1.807, 2.05) is 6.07 Å². The van der Waals surface area contributed by atoms with Crippen LogP contribution in [0.1, 0.15) is 37.4 Å². The molecular formula is C20H22ClNO4S. The van der Waals surface area contributed by atoms with Crippen molar-refractivity contribution in [2.45, 2.75) is 41.4 Å². The van der Waals surface area contributed by atoms with Crippen LogP contribution in [-0.2, 0) is 14.6 Å². The van der Waals surface area contributed by atoms with Gasteiger partial charge in [0, 0.05) is 11.6 Å². The summed E-state index contributed by atoms with van der Waals surface area (Å²) < 4.78 is 25.0. The Labute approximate surface area is 164 Å². The van der Waals surface area contributed by atoms with Crippen molar-refractivity contribution in [2.75, 3.05) is 6.54 Å². The number of carbonyl (C=O) groups is 1. The molecule has 0 aliphatic heterocycles. The molecule has 0 bridgehead atoms. The molecule has 27 heavy (non-hydrogen) atoms. The third-order valence-corrected chi connectivity index (χ3v) is 7.87. The average Bonchev–Trinajstić information content (AvgIpc) is 3.19. The van der Waals surface area contributed by atoms with E-state index in [2.05, 4.69) is 5.32 Å². The first-order valence-corrected chi connectivity index (χ1v) is 10.7. The Morgan fingerprint density at radius 3 is 2.26 bits per heavy atom. The number of nitrogens with one attached hydrogen (secondary N) is 1. The van der Waals surface area contributed by atoms with Crippen molar-refractivity contribution in [3.63, 3.8) is 0 Å². The molecule has 7 heteroatoms. The van der Waals surface area contributed by atoms with Crippen LogP contribution in [0.5, 0.6) is 0 Å². The fourth-order valence-electron chi connectivity index (χ4n) is 3.55. The number of amides is 1. The lowest BCUT2D eigenvalue weighted by Crippen LogP contribution is -2.51. The minimum atomic E-state index is -3.88. The highest BCUT2D eigenvalue weighted by Crippen LogP contribution is 2.41. The Hall–Kier alpha value is -1.89. The number of carbonyl (C=O) groups excluding carboxylic acids is 1. The number of aliphatic hydroxyl groups is 1. The smallest absolute Gasteiger partial charge is 0.241 e. The third kappa shape index (κ3) is 3.88. The second-order valence-electron chi connectivity index (χ2n) is 6.80. The Bertz CT molecular complexity index is 891. The molecule has 2 N–H and O–H groups in total. The van der Waals surface area contributed by atoms with Crippen LogP contribution in [0.15, 0.2) is 59.5 Å². The van der Waals surface area contributed by atoms with Gasteiger partial charge >= 0.3 is 0 Å². The first-order chi connectivity index (χ1) is 12.9. The van der Waals surface area contributed by atoms with E-state index in [1.54, 1.807) is 24.3 Å². The molecule has 5 nitrogen and oxygen atoms in total. The number of rotatable bonds is 6. The Kier molecular flexibility index (Phi) is 5.89. The molecule has 0 saturated heterocycles. The highest BCUT2D eigenvalue weighted by atomic mass is 35.5. The fraction of sp³-hybridized carbons (Fsp3) is 0.350. The lowest BCUT2D eigenvalue weighted by Gasteiger charge is -2.28. The van der Waals surface area contributed by atoms with Gasteiger partial charge in [0.2, 0.25) is 5.91 Å². The molecule has 1 fully saturated rings. The Balaban J connectivity index is 1.81. The van der Waals surface area contributed by atoms with Gasteiger partial charge in [-0.2, -0.15) is 0 Å². The van der Waals surface area contributed by atoms with Crippen molar-refractivity contribution in [3.05, 3.63) is 65.2 Å². The van der Waals surface area contributed by atoms with Crippen molar-refractivity contribution in [1.29, 1.82) is 0 Å². The van der Waals surface area contributed by atoms with E-state index in [9.17, 15) is 18.3 Å². The number of aliphatic hydroxyl groups excluding tert-OH is 1. The predicted molar refractivity (Wildman–Crippen MR) is 104 cm³/mol. The van der Waals surface area contributed by atoms with Crippen molar-refractivity contribution in [2.24, 2.45) is 0 Å². The van der Waals surface area contributed by atoms with E-state index < -0.39 is 26.6 Å². The summed E-state index contributed by atoms with van der Waals surface area (Å²) in [5, 5.41) is 13.4. The molecule has 1 amide bonds.